The van der Waals surface area contributed by atoms with Gasteiger partial charge in [-0.3, -0.25) is 19.4 Å². The maximum absolute atomic E-state index is 11.6. The van der Waals surface area contributed by atoms with Crippen LogP contribution >= 0.6 is 0 Å². The third-order valence-corrected chi connectivity index (χ3v) is 7.30. The summed E-state index contributed by atoms with van der Waals surface area (Å²) in [4.78, 5) is 20.7. The first-order valence-electron chi connectivity index (χ1n) is 13.4. The molecule has 0 saturated carbocycles. The van der Waals surface area contributed by atoms with E-state index in [-0.39, 0.29) is 5.91 Å². The molecule has 0 atom stereocenters. The summed E-state index contributed by atoms with van der Waals surface area (Å²) < 4.78 is 2.04. The Morgan fingerprint density at radius 3 is 2.39 bits per heavy atom. The number of carbonyl (C=O) groups is 1. The molecule has 0 aliphatic heterocycles. The van der Waals surface area contributed by atoms with Crippen molar-refractivity contribution in [1.29, 1.82) is 5.26 Å². The molecule has 0 spiro atoms. The van der Waals surface area contributed by atoms with Crippen molar-refractivity contribution in [3.63, 3.8) is 0 Å². The SMILES string of the molecule is CC(=O)Nc1cncc(-c2ccc3ncc4nn(Cc5ccccc5)c(-c5ccc(C(C)(C)C#N)cc5)c4c3c2)c1. The third kappa shape index (κ3) is 5.04. The molecule has 1 N–H and O–H groups in total. The van der Waals surface area contributed by atoms with E-state index in [1.807, 2.05) is 73.3 Å². The summed E-state index contributed by atoms with van der Waals surface area (Å²) in [7, 11) is 0. The molecule has 41 heavy (non-hydrogen) atoms. The average Bonchev–Trinajstić information content (AvgIpc) is 3.35. The zero-order valence-corrected chi connectivity index (χ0v) is 23.1. The number of fused-ring (bicyclic) bond motifs is 3. The van der Waals surface area contributed by atoms with Gasteiger partial charge in [0.2, 0.25) is 5.91 Å². The van der Waals surface area contributed by atoms with Gasteiger partial charge in [0, 0.05) is 35.0 Å². The minimum absolute atomic E-state index is 0.145. The van der Waals surface area contributed by atoms with E-state index in [4.69, 9.17) is 10.1 Å². The minimum atomic E-state index is -0.587. The Morgan fingerprint density at radius 1 is 0.902 bits per heavy atom. The van der Waals surface area contributed by atoms with Gasteiger partial charge in [-0.05, 0) is 48.7 Å². The molecule has 3 aromatic carbocycles. The predicted molar refractivity (Wildman–Crippen MR) is 162 cm³/mol. The molecule has 0 saturated heterocycles. The van der Waals surface area contributed by atoms with Crippen molar-refractivity contribution in [1.82, 2.24) is 19.7 Å². The van der Waals surface area contributed by atoms with Crippen LogP contribution in [0.2, 0.25) is 0 Å². The van der Waals surface area contributed by atoms with Crippen LogP contribution in [0.1, 0.15) is 31.9 Å². The van der Waals surface area contributed by atoms with E-state index < -0.39 is 5.41 Å². The van der Waals surface area contributed by atoms with Crippen LogP contribution in [0, 0.1) is 11.3 Å². The molecule has 3 heterocycles. The number of carbonyl (C=O) groups excluding carboxylic acids is 1. The van der Waals surface area contributed by atoms with E-state index in [0.29, 0.717) is 12.2 Å². The van der Waals surface area contributed by atoms with Gasteiger partial charge >= 0.3 is 0 Å². The van der Waals surface area contributed by atoms with Crippen molar-refractivity contribution in [3.8, 4) is 28.5 Å². The summed E-state index contributed by atoms with van der Waals surface area (Å²) in [6.07, 6.45) is 5.25. The first-order valence-corrected chi connectivity index (χ1v) is 13.4. The molecule has 7 heteroatoms. The normalized spacial score (nSPS) is 11.5. The number of nitrogens with zero attached hydrogens (tertiary/aromatic N) is 5. The van der Waals surface area contributed by atoms with Crippen LogP contribution in [0.3, 0.4) is 0 Å². The lowest BCUT2D eigenvalue weighted by Gasteiger charge is -2.16. The van der Waals surface area contributed by atoms with Gasteiger partial charge < -0.3 is 5.32 Å². The van der Waals surface area contributed by atoms with Crippen LogP contribution in [-0.2, 0) is 16.8 Å². The number of nitriles is 1. The van der Waals surface area contributed by atoms with Crippen molar-refractivity contribution < 1.29 is 4.79 Å². The van der Waals surface area contributed by atoms with Crippen molar-refractivity contribution >= 4 is 33.4 Å². The van der Waals surface area contributed by atoms with Crippen molar-refractivity contribution in [2.45, 2.75) is 32.7 Å². The smallest absolute Gasteiger partial charge is 0.221 e. The van der Waals surface area contributed by atoms with Crippen LogP contribution in [0.5, 0.6) is 0 Å². The number of hydrogen-bond donors (Lipinski definition) is 1. The van der Waals surface area contributed by atoms with Gasteiger partial charge in [-0.2, -0.15) is 10.4 Å². The summed E-state index contributed by atoms with van der Waals surface area (Å²) in [5, 5.41) is 19.5. The fourth-order valence-electron chi connectivity index (χ4n) is 5.14. The number of aromatic nitrogens is 4. The van der Waals surface area contributed by atoms with Crippen LogP contribution in [0.15, 0.2) is 97.5 Å². The molecule has 0 fully saturated rings. The van der Waals surface area contributed by atoms with E-state index >= 15 is 0 Å². The number of nitrogens with one attached hydrogen (secondary N) is 1. The summed E-state index contributed by atoms with van der Waals surface area (Å²) in [6.45, 7) is 5.93. The Balaban J connectivity index is 1.57. The second-order valence-electron chi connectivity index (χ2n) is 10.7. The van der Waals surface area contributed by atoms with Crippen molar-refractivity contribution in [2.75, 3.05) is 5.32 Å². The van der Waals surface area contributed by atoms with Gasteiger partial charge in [0.15, 0.2) is 0 Å². The quantitative estimate of drug-likeness (QED) is 0.244. The number of pyridine rings is 2. The second kappa shape index (κ2) is 10.3. The molecule has 0 unspecified atom stereocenters. The number of anilines is 1. The maximum atomic E-state index is 11.6. The largest absolute Gasteiger partial charge is 0.325 e. The van der Waals surface area contributed by atoms with Gasteiger partial charge in [0.05, 0.1) is 47.3 Å². The molecule has 0 aliphatic rings. The standard InChI is InChI=1S/C34H28N6O/c1-22(41)38-28-15-26(17-36-18-28)25-11-14-30-29(16-25)32-31(19-37-30)39-40(20-23-7-5-4-6-8-23)33(32)24-9-12-27(13-10-24)34(2,3)21-35/h4-19H,20H2,1-3H3,(H,38,41). The summed E-state index contributed by atoms with van der Waals surface area (Å²) in [5.74, 6) is -0.145. The monoisotopic (exact) mass is 536 g/mol. The zero-order chi connectivity index (χ0) is 28.6. The highest BCUT2D eigenvalue weighted by molar-refractivity contribution is 6.12. The highest BCUT2D eigenvalue weighted by Crippen LogP contribution is 2.37. The van der Waals surface area contributed by atoms with Gasteiger partial charge in [-0.1, -0.05) is 60.7 Å². The van der Waals surface area contributed by atoms with E-state index in [9.17, 15) is 10.1 Å². The fourth-order valence-corrected chi connectivity index (χ4v) is 5.14. The Hall–Kier alpha value is -5.35. The molecule has 6 rings (SSSR count). The second-order valence-corrected chi connectivity index (χ2v) is 10.7. The summed E-state index contributed by atoms with van der Waals surface area (Å²) in [6, 6.07) is 28.9. The highest BCUT2D eigenvalue weighted by Gasteiger charge is 2.22. The molecule has 6 aromatic rings. The molecule has 0 aliphatic carbocycles. The number of hydrogen-bond acceptors (Lipinski definition) is 5. The molecular weight excluding hydrogens is 508 g/mol. The molecule has 3 aromatic heterocycles. The summed E-state index contributed by atoms with van der Waals surface area (Å²) >= 11 is 0. The van der Waals surface area contributed by atoms with E-state index in [2.05, 4.69) is 46.7 Å². The van der Waals surface area contributed by atoms with E-state index in [0.717, 1.165) is 55.3 Å². The Bertz CT molecular complexity index is 1950. The fraction of sp³-hybridized carbons (Fsp3) is 0.147. The van der Waals surface area contributed by atoms with Gasteiger partial charge in [-0.25, -0.2) is 0 Å². The van der Waals surface area contributed by atoms with Crippen LogP contribution in [-0.4, -0.2) is 25.7 Å². The molecule has 7 nitrogen and oxygen atoms in total. The lowest BCUT2D eigenvalue weighted by molar-refractivity contribution is -0.114. The number of benzene rings is 3. The number of rotatable bonds is 6. The van der Waals surface area contributed by atoms with E-state index in [1.165, 1.54) is 6.92 Å². The van der Waals surface area contributed by atoms with Gasteiger partial charge in [0.1, 0.15) is 5.52 Å². The average molecular weight is 537 g/mol. The van der Waals surface area contributed by atoms with Gasteiger partial charge in [0.25, 0.3) is 0 Å². The zero-order valence-electron chi connectivity index (χ0n) is 23.1. The van der Waals surface area contributed by atoms with Crippen LogP contribution in [0.25, 0.3) is 44.2 Å². The van der Waals surface area contributed by atoms with Crippen molar-refractivity contribution in [2.24, 2.45) is 0 Å². The number of amides is 1. The molecular formula is C34H28N6O. The molecule has 200 valence electrons. The van der Waals surface area contributed by atoms with Crippen molar-refractivity contribution in [3.05, 3.63) is 109 Å². The molecule has 0 radical (unpaired) electrons. The molecule has 0 bridgehead atoms. The Morgan fingerprint density at radius 2 is 1.66 bits per heavy atom. The van der Waals surface area contributed by atoms with Gasteiger partial charge in [-0.15, -0.1) is 0 Å². The third-order valence-electron chi connectivity index (χ3n) is 7.30. The van der Waals surface area contributed by atoms with Crippen LogP contribution < -0.4 is 5.32 Å². The highest BCUT2D eigenvalue weighted by atomic mass is 16.1. The Kier molecular flexibility index (Phi) is 6.52. The Labute approximate surface area is 238 Å². The lowest BCUT2D eigenvalue weighted by atomic mass is 9.85. The van der Waals surface area contributed by atoms with Crippen LogP contribution in [0.4, 0.5) is 5.69 Å². The molecule has 1 amide bonds. The first-order chi connectivity index (χ1) is 19.8. The topological polar surface area (TPSA) is 96.5 Å². The minimum Gasteiger partial charge on any atom is -0.325 e. The van der Waals surface area contributed by atoms with E-state index in [1.54, 1.807) is 12.4 Å². The maximum Gasteiger partial charge on any atom is 0.221 e. The predicted octanol–water partition coefficient (Wildman–Crippen LogP) is 7.12. The lowest BCUT2D eigenvalue weighted by Crippen LogP contribution is -2.13. The summed E-state index contributed by atoms with van der Waals surface area (Å²) in [5.41, 5.74) is 7.65. The first kappa shape index (κ1) is 25.9.